The summed E-state index contributed by atoms with van der Waals surface area (Å²) in [5, 5.41) is 2.90. The predicted octanol–water partition coefficient (Wildman–Crippen LogP) is 0.476. The molecule has 0 aromatic heterocycles. The van der Waals surface area contributed by atoms with Crippen molar-refractivity contribution < 1.29 is 14.3 Å². The van der Waals surface area contributed by atoms with Crippen molar-refractivity contribution in [1.82, 2.24) is 5.32 Å². The molecular weight excluding hydrogens is 190 g/mol. The Labute approximate surface area is 82.4 Å². The quantitative estimate of drug-likeness (QED) is 0.389. The molecule has 0 unspecified atom stereocenters. The molecule has 1 heterocycles. The van der Waals surface area contributed by atoms with Crippen LogP contribution in [0, 0.1) is 0 Å². The molecule has 0 amide bonds. The average molecular weight is 203 g/mol. The van der Waals surface area contributed by atoms with Crippen LogP contribution in [0.25, 0.3) is 0 Å². The van der Waals surface area contributed by atoms with E-state index in [1.165, 1.54) is 0 Å². The third-order valence-corrected chi connectivity index (χ3v) is 2.53. The van der Waals surface area contributed by atoms with E-state index < -0.39 is 16.8 Å². The number of thiol groups is 1. The lowest BCUT2D eigenvalue weighted by Crippen LogP contribution is -2.44. The van der Waals surface area contributed by atoms with Crippen molar-refractivity contribution in [1.29, 1.82) is 0 Å². The first kappa shape index (κ1) is 10.5. The Morgan fingerprint density at radius 3 is 2.77 bits per heavy atom. The topological polar surface area (TPSA) is 55.4 Å². The molecule has 0 aliphatic carbocycles. The second-order valence-electron chi connectivity index (χ2n) is 3.01. The van der Waals surface area contributed by atoms with Gasteiger partial charge in [-0.25, -0.2) is 4.79 Å². The Kier molecular flexibility index (Phi) is 3.33. The van der Waals surface area contributed by atoms with Gasteiger partial charge in [-0.2, -0.15) is 0 Å². The Morgan fingerprint density at radius 1 is 1.62 bits per heavy atom. The van der Waals surface area contributed by atoms with E-state index in [1.807, 2.05) is 0 Å². The van der Waals surface area contributed by atoms with Crippen molar-refractivity contribution in [2.75, 3.05) is 6.54 Å². The first-order chi connectivity index (χ1) is 6.08. The molecule has 5 heteroatoms. The highest BCUT2D eigenvalue weighted by Crippen LogP contribution is 2.24. The summed E-state index contributed by atoms with van der Waals surface area (Å²) in [5.74, 6) is -1.09. The van der Waals surface area contributed by atoms with E-state index >= 15 is 0 Å². The fraction of sp³-hybridized carbons (Fsp3) is 0.750. The second kappa shape index (κ2) is 4.11. The van der Waals surface area contributed by atoms with Gasteiger partial charge in [0.15, 0.2) is 4.87 Å². The second-order valence-corrected chi connectivity index (χ2v) is 3.77. The van der Waals surface area contributed by atoms with Crippen LogP contribution in [0.15, 0.2) is 0 Å². The molecule has 0 saturated carbocycles. The van der Waals surface area contributed by atoms with Crippen LogP contribution in [0.3, 0.4) is 0 Å². The zero-order chi connectivity index (χ0) is 9.90. The van der Waals surface area contributed by atoms with Crippen molar-refractivity contribution in [3.8, 4) is 0 Å². The average Bonchev–Trinajstić information content (AvgIpc) is 2.53. The lowest BCUT2D eigenvalue weighted by molar-refractivity contribution is -0.161. The summed E-state index contributed by atoms with van der Waals surface area (Å²) in [4.78, 5) is 21.2. The number of hydrogen-bond donors (Lipinski definition) is 2. The van der Waals surface area contributed by atoms with Crippen molar-refractivity contribution in [2.24, 2.45) is 0 Å². The van der Waals surface area contributed by atoms with Gasteiger partial charge in [-0.1, -0.05) is 6.92 Å². The maximum atomic E-state index is 11.4. The maximum absolute atomic E-state index is 11.4. The van der Waals surface area contributed by atoms with Crippen LogP contribution in [0.4, 0.5) is 0 Å². The van der Waals surface area contributed by atoms with Crippen LogP contribution in [0.1, 0.15) is 26.2 Å². The van der Waals surface area contributed by atoms with E-state index in [-0.39, 0.29) is 6.42 Å². The minimum absolute atomic E-state index is 0.204. The zero-order valence-corrected chi connectivity index (χ0v) is 8.39. The van der Waals surface area contributed by atoms with Gasteiger partial charge in [-0.05, 0) is 19.4 Å². The molecule has 1 saturated heterocycles. The van der Waals surface area contributed by atoms with E-state index in [0.717, 1.165) is 13.0 Å². The molecule has 1 rings (SSSR count). The van der Waals surface area contributed by atoms with Crippen LogP contribution in [-0.2, 0) is 14.3 Å². The first-order valence-electron chi connectivity index (χ1n) is 4.31. The van der Waals surface area contributed by atoms with Gasteiger partial charge in [-0.3, -0.25) is 10.1 Å². The molecule has 0 bridgehead atoms. The lowest BCUT2D eigenvalue weighted by atomic mass is 10.2. The molecule has 13 heavy (non-hydrogen) atoms. The summed E-state index contributed by atoms with van der Waals surface area (Å²) in [6.45, 7) is 2.38. The monoisotopic (exact) mass is 203 g/mol. The normalized spacial score (nSPS) is 27.2. The van der Waals surface area contributed by atoms with Crippen molar-refractivity contribution >= 4 is 24.6 Å². The predicted molar refractivity (Wildman–Crippen MR) is 50.3 cm³/mol. The molecule has 0 aromatic rings. The number of ether oxygens (including phenoxy) is 1. The fourth-order valence-electron chi connectivity index (χ4n) is 1.16. The van der Waals surface area contributed by atoms with Gasteiger partial charge < -0.3 is 4.74 Å². The van der Waals surface area contributed by atoms with Gasteiger partial charge >= 0.3 is 11.9 Å². The lowest BCUT2D eigenvalue weighted by Gasteiger charge is -2.19. The van der Waals surface area contributed by atoms with Gasteiger partial charge in [0.1, 0.15) is 0 Å². The summed E-state index contributed by atoms with van der Waals surface area (Å²) < 4.78 is 4.57. The van der Waals surface area contributed by atoms with Crippen molar-refractivity contribution in [3.63, 3.8) is 0 Å². The van der Waals surface area contributed by atoms with Crippen LogP contribution in [0.5, 0.6) is 0 Å². The van der Waals surface area contributed by atoms with E-state index in [2.05, 4.69) is 22.7 Å². The first-order valence-corrected chi connectivity index (χ1v) is 4.76. The Balaban J connectivity index is 2.51. The van der Waals surface area contributed by atoms with E-state index in [1.54, 1.807) is 6.92 Å². The smallest absolute Gasteiger partial charge is 0.344 e. The molecule has 1 atom stereocenters. The van der Waals surface area contributed by atoms with Crippen LogP contribution in [0.2, 0.25) is 0 Å². The molecule has 74 valence electrons. The minimum atomic E-state index is -0.954. The summed E-state index contributed by atoms with van der Waals surface area (Å²) in [5.41, 5.74) is 0. The van der Waals surface area contributed by atoms with Crippen LogP contribution in [-0.4, -0.2) is 23.4 Å². The molecule has 0 aromatic carbocycles. The Hall–Kier alpha value is -0.550. The Morgan fingerprint density at radius 2 is 2.31 bits per heavy atom. The fourth-order valence-corrected chi connectivity index (χ4v) is 1.48. The number of hydrogen-bond acceptors (Lipinski definition) is 5. The van der Waals surface area contributed by atoms with E-state index in [4.69, 9.17) is 0 Å². The molecular formula is C8H13NO3S. The summed E-state index contributed by atoms with van der Waals surface area (Å²) in [6, 6.07) is 0. The molecule has 0 spiro atoms. The number of carbonyl (C=O) groups is 2. The highest BCUT2D eigenvalue weighted by molar-refractivity contribution is 7.82. The van der Waals surface area contributed by atoms with Gasteiger partial charge in [0.2, 0.25) is 0 Å². The zero-order valence-electron chi connectivity index (χ0n) is 7.50. The van der Waals surface area contributed by atoms with Gasteiger partial charge in [0, 0.05) is 6.42 Å². The highest BCUT2D eigenvalue weighted by atomic mass is 32.1. The number of rotatable bonds is 2. The van der Waals surface area contributed by atoms with Crippen molar-refractivity contribution in [2.45, 2.75) is 31.1 Å². The van der Waals surface area contributed by atoms with Gasteiger partial charge in [-0.15, -0.1) is 12.6 Å². The number of esters is 2. The van der Waals surface area contributed by atoms with Crippen molar-refractivity contribution in [3.05, 3.63) is 0 Å². The molecule has 1 aliphatic heterocycles. The molecule has 1 N–H and O–H groups in total. The molecule has 1 fully saturated rings. The van der Waals surface area contributed by atoms with Gasteiger partial charge in [0.05, 0.1) is 0 Å². The SMILES string of the molecule is CCC(=O)OC(=O)[C@]1(S)CCCN1. The number of carbonyl (C=O) groups excluding carboxylic acids is 2. The number of nitrogens with one attached hydrogen (secondary N) is 1. The van der Waals surface area contributed by atoms with E-state index in [0.29, 0.717) is 6.42 Å². The third-order valence-electron chi connectivity index (χ3n) is 1.97. The van der Waals surface area contributed by atoms with Crippen LogP contribution < -0.4 is 5.32 Å². The standard InChI is InChI=1S/C8H13NO3S/c1-2-6(10)12-7(11)8(13)4-3-5-9-8/h9,13H,2-5H2,1H3/t8-/m1/s1. The molecule has 0 radical (unpaired) electrons. The van der Waals surface area contributed by atoms with Gasteiger partial charge in [0.25, 0.3) is 0 Å². The molecule has 4 nitrogen and oxygen atoms in total. The van der Waals surface area contributed by atoms with E-state index in [9.17, 15) is 9.59 Å². The largest absolute Gasteiger partial charge is 0.391 e. The van der Waals surface area contributed by atoms with Crippen LogP contribution >= 0.6 is 12.6 Å². The Bertz CT molecular complexity index is 223. The third kappa shape index (κ3) is 2.45. The summed E-state index contributed by atoms with van der Waals surface area (Å²) in [6.07, 6.45) is 1.68. The highest BCUT2D eigenvalue weighted by Gasteiger charge is 2.39. The maximum Gasteiger partial charge on any atom is 0.344 e. The summed E-state index contributed by atoms with van der Waals surface area (Å²) in [7, 11) is 0. The minimum Gasteiger partial charge on any atom is -0.391 e. The molecule has 1 aliphatic rings. The summed E-state index contributed by atoms with van der Waals surface area (Å²) >= 11 is 4.15.